The number of phenolic OH excluding ortho intramolecular Hbond substituents is 1. The lowest BCUT2D eigenvalue weighted by molar-refractivity contribution is -0.385. The van der Waals surface area contributed by atoms with Gasteiger partial charge in [-0.3, -0.25) is 14.9 Å². The summed E-state index contributed by atoms with van der Waals surface area (Å²) in [6.07, 6.45) is 1.06. The zero-order valence-corrected chi connectivity index (χ0v) is 14.1. The number of hydrogen-bond acceptors (Lipinski definition) is 6. The minimum Gasteiger partial charge on any atom is -0.502 e. The van der Waals surface area contributed by atoms with Gasteiger partial charge in [0.1, 0.15) is 5.58 Å². The summed E-state index contributed by atoms with van der Waals surface area (Å²) < 4.78 is 5.51. The average molecular weight is 374 g/mol. The third kappa shape index (κ3) is 3.22. The number of furan rings is 1. The lowest BCUT2D eigenvalue weighted by atomic mass is 10.1. The van der Waals surface area contributed by atoms with Gasteiger partial charge in [0.2, 0.25) is 5.75 Å². The second-order valence-corrected chi connectivity index (χ2v) is 5.81. The molecule has 0 aliphatic rings. The molecule has 26 heavy (non-hydrogen) atoms. The Morgan fingerprint density at radius 3 is 2.81 bits per heavy atom. The first-order valence-electron chi connectivity index (χ1n) is 7.37. The molecule has 3 aromatic rings. The Kier molecular flexibility index (Phi) is 4.59. The molecule has 8 nitrogen and oxygen atoms in total. The number of nitro groups is 1. The van der Waals surface area contributed by atoms with E-state index >= 15 is 0 Å². The second kappa shape index (κ2) is 6.85. The quantitative estimate of drug-likeness (QED) is 0.410. The number of aromatic hydroxyl groups is 1. The fourth-order valence-corrected chi connectivity index (χ4v) is 2.67. The van der Waals surface area contributed by atoms with Crippen LogP contribution in [-0.4, -0.2) is 22.2 Å². The summed E-state index contributed by atoms with van der Waals surface area (Å²) in [6.45, 7) is 1.75. The van der Waals surface area contributed by atoms with Crippen LogP contribution in [0.1, 0.15) is 21.7 Å². The van der Waals surface area contributed by atoms with Gasteiger partial charge in [0.25, 0.3) is 0 Å². The summed E-state index contributed by atoms with van der Waals surface area (Å²) in [4.78, 5) is 22.3. The number of fused-ring (bicyclic) bond motifs is 1. The summed E-state index contributed by atoms with van der Waals surface area (Å²) in [7, 11) is 0. The number of phenols is 1. The molecule has 1 aromatic heterocycles. The van der Waals surface area contributed by atoms with Gasteiger partial charge in [-0.25, -0.2) is 5.43 Å². The van der Waals surface area contributed by atoms with E-state index < -0.39 is 22.3 Å². The monoisotopic (exact) mass is 373 g/mol. The number of nitro benzene ring substituents is 1. The predicted molar refractivity (Wildman–Crippen MR) is 95.8 cm³/mol. The predicted octanol–water partition coefficient (Wildman–Crippen LogP) is 3.77. The van der Waals surface area contributed by atoms with Crippen LogP contribution in [0, 0.1) is 17.0 Å². The third-order valence-electron chi connectivity index (χ3n) is 3.70. The van der Waals surface area contributed by atoms with Gasteiger partial charge >= 0.3 is 11.6 Å². The van der Waals surface area contributed by atoms with Crippen molar-refractivity contribution in [3.8, 4) is 5.75 Å². The fourth-order valence-electron chi connectivity index (χ4n) is 2.45. The second-order valence-electron chi connectivity index (χ2n) is 5.37. The van der Waals surface area contributed by atoms with Crippen molar-refractivity contribution in [2.45, 2.75) is 6.92 Å². The van der Waals surface area contributed by atoms with Crippen molar-refractivity contribution in [1.82, 2.24) is 5.43 Å². The van der Waals surface area contributed by atoms with Crippen LogP contribution < -0.4 is 5.43 Å². The minimum absolute atomic E-state index is 0.00849. The Bertz CT molecular complexity index is 1060. The molecule has 2 N–H and O–H groups in total. The first kappa shape index (κ1) is 17.4. The number of amides is 1. The molecule has 0 aliphatic carbocycles. The Balaban J connectivity index is 1.83. The number of benzene rings is 2. The lowest BCUT2D eigenvalue weighted by Gasteiger charge is -2.02. The molecule has 0 saturated carbocycles. The Labute approximate surface area is 151 Å². The Morgan fingerprint density at radius 2 is 2.12 bits per heavy atom. The summed E-state index contributed by atoms with van der Waals surface area (Å²) >= 11 is 5.79. The van der Waals surface area contributed by atoms with Crippen LogP contribution >= 0.6 is 11.6 Å². The standard InChI is InChI=1S/C17H12ClN3O5/c1-9-12-4-2-3-5-14(12)26-16(9)17(23)20-19-8-10-6-11(18)7-13(15(10)22)21(24)25/h2-8,22H,1H3,(H,20,23)/b19-8+. The van der Waals surface area contributed by atoms with Crippen molar-refractivity contribution >= 4 is 40.4 Å². The molecule has 9 heteroatoms. The van der Waals surface area contributed by atoms with Crippen molar-refractivity contribution in [3.63, 3.8) is 0 Å². The van der Waals surface area contributed by atoms with Crippen molar-refractivity contribution < 1.29 is 19.2 Å². The molecule has 0 radical (unpaired) electrons. The molecule has 2 aromatic carbocycles. The molecule has 132 valence electrons. The van der Waals surface area contributed by atoms with Crippen molar-refractivity contribution in [2.75, 3.05) is 0 Å². The topological polar surface area (TPSA) is 118 Å². The molecule has 0 aliphatic heterocycles. The minimum atomic E-state index is -0.769. The fraction of sp³-hybridized carbons (Fsp3) is 0.0588. The molecule has 0 spiro atoms. The number of nitrogens with zero attached hydrogens (tertiary/aromatic N) is 2. The Hall–Kier alpha value is -3.39. The molecular formula is C17H12ClN3O5. The normalized spacial score (nSPS) is 11.2. The van der Waals surface area contributed by atoms with Crippen LogP contribution in [0.15, 0.2) is 45.9 Å². The van der Waals surface area contributed by atoms with Crippen LogP contribution in [0.25, 0.3) is 11.0 Å². The van der Waals surface area contributed by atoms with Crippen molar-refractivity contribution in [2.24, 2.45) is 5.10 Å². The number of rotatable bonds is 4. The Morgan fingerprint density at radius 1 is 1.38 bits per heavy atom. The van der Waals surface area contributed by atoms with E-state index in [1.54, 1.807) is 19.1 Å². The largest absolute Gasteiger partial charge is 0.502 e. The highest BCUT2D eigenvalue weighted by Gasteiger charge is 2.19. The van der Waals surface area contributed by atoms with E-state index in [0.717, 1.165) is 17.7 Å². The van der Waals surface area contributed by atoms with E-state index in [9.17, 15) is 20.0 Å². The summed E-state index contributed by atoms with van der Waals surface area (Å²) in [5.41, 5.74) is 2.92. The number of halogens is 1. The maximum absolute atomic E-state index is 12.2. The van der Waals surface area contributed by atoms with Crippen LogP contribution in [0.4, 0.5) is 5.69 Å². The number of carbonyl (C=O) groups is 1. The highest BCUT2D eigenvalue weighted by atomic mass is 35.5. The van der Waals surface area contributed by atoms with Gasteiger partial charge in [0, 0.05) is 27.6 Å². The van der Waals surface area contributed by atoms with Gasteiger partial charge in [0.05, 0.1) is 11.1 Å². The molecule has 0 saturated heterocycles. The van der Waals surface area contributed by atoms with Crippen LogP contribution in [-0.2, 0) is 0 Å². The molecule has 3 rings (SSSR count). The van der Waals surface area contributed by atoms with Crippen LogP contribution in [0.5, 0.6) is 5.75 Å². The zero-order chi connectivity index (χ0) is 18.8. The lowest BCUT2D eigenvalue weighted by Crippen LogP contribution is -2.17. The van der Waals surface area contributed by atoms with Gasteiger partial charge in [-0.2, -0.15) is 5.10 Å². The smallest absolute Gasteiger partial charge is 0.312 e. The van der Waals surface area contributed by atoms with E-state index in [2.05, 4.69) is 10.5 Å². The number of para-hydroxylation sites is 1. The van der Waals surface area contributed by atoms with Gasteiger partial charge < -0.3 is 9.52 Å². The highest BCUT2D eigenvalue weighted by molar-refractivity contribution is 6.31. The number of hydrogen-bond donors (Lipinski definition) is 2. The highest BCUT2D eigenvalue weighted by Crippen LogP contribution is 2.32. The maximum atomic E-state index is 12.2. The molecule has 0 atom stereocenters. The van der Waals surface area contributed by atoms with Crippen molar-refractivity contribution in [3.05, 3.63) is 68.4 Å². The first-order valence-corrected chi connectivity index (χ1v) is 7.74. The van der Waals surface area contributed by atoms with Crippen LogP contribution in [0.3, 0.4) is 0 Å². The summed E-state index contributed by atoms with van der Waals surface area (Å²) in [5.74, 6) is -1.09. The average Bonchev–Trinajstić information content (AvgIpc) is 2.94. The molecular weight excluding hydrogens is 362 g/mol. The summed E-state index contributed by atoms with van der Waals surface area (Å²) in [5, 5.41) is 25.3. The van der Waals surface area contributed by atoms with E-state index in [4.69, 9.17) is 16.0 Å². The molecule has 0 unspecified atom stereocenters. The van der Waals surface area contributed by atoms with Gasteiger partial charge in [-0.05, 0) is 19.1 Å². The van der Waals surface area contributed by atoms with Crippen molar-refractivity contribution in [1.29, 1.82) is 0 Å². The van der Waals surface area contributed by atoms with Gasteiger partial charge in [-0.15, -0.1) is 0 Å². The van der Waals surface area contributed by atoms with E-state index in [1.165, 1.54) is 6.07 Å². The molecule has 1 heterocycles. The van der Waals surface area contributed by atoms with E-state index in [1.807, 2.05) is 12.1 Å². The van der Waals surface area contributed by atoms with Crippen LogP contribution in [0.2, 0.25) is 5.02 Å². The SMILES string of the molecule is Cc1c(C(=O)N/N=C/c2cc(Cl)cc([N+](=O)[O-])c2O)oc2ccccc12. The molecule has 0 bridgehead atoms. The van der Waals surface area contributed by atoms with E-state index in [-0.39, 0.29) is 16.3 Å². The maximum Gasteiger partial charge on any atom is 0.312 e. The van der Waals surface area contributed by atoms with E-state index in [0.29, 0.717) is 11.1 Å². The van der Waals surface area contributed by atoms with Gasteiger partial charge in [-0.1, -0.05) is 29.8 Å². The number of nitrogens with one attached hydrogen (secondary N) is 1. The van der Waals surface area contributed by atoms with Gasteiger partial charge in [0.15, 0.2) is 5.76 Å². The number of hydrazone groups is 1. The molecule has 1 amide bonds. The first-order chi connectivity index (χ1) is 12.4. The third-order valence-corrected chi connectivity index (χ3v) is 3.92. The number of aryl methyl sites for hydroxylation is 1. The number of carbonyl (C=O) groups excluding carboxylic acids is 1. The molecule has 0 fully saturated rings. The zero-order valence-electron chi connectivity index (χ0n) is 13.4. The summed E-state index contributed by atoms with van der Waals surface area (Å²) in [6, 6.07) is 9.50.